The SMILES string of the molecule is CC(=O)N1CCC(CC(CS)C(=O)O)CC1. The molecule has 92 valence electrons. The van der Waals surface area contributed by atoms with Gasteiger partial charge in [0.2, 0.25) is 5.91 Å². The summed E-state index contributed by atoms with van der Waals surface area (Å²) in [4.78, 5) is 23.8. The molecule has 0 aromatic rings. The number of aliphatic carboxylic acids is 1. The summed E-state index contributed by atoms with van der Waals surface area (Å²) in [6.45, 7) is 3.10. The Morgan fingerprint density at radius 3 is 2.38 bits per heavy atom. The van der Waals surface area contributed by atoms with E-state index in [1.165, 1.54) is 0 Å². The van der Waals surface area contributed by atoms with Crippen LogP contribution in [0.3, 0.4) is 0 Å². The standard InChI is InChI=1S/C11H19NO3S/c1-8(13)12-4-2-9(3-5-12)6-10(7-16)11(14)15/h9-10,16H,2-7H2,1H3,(H,14,15). The molecule has 0 aliphatic carbocycles. The second-order valence-corrected chi connectivity index (χ2v) is 4.77. The van der Waals surface area contributed by atoms with Crippen LogP contribution in [-0.2, 0) is 9.59 Å². The first-order valence-corrected chi connectivity index (χ1v) is 6.27. The molecule has 1 N–H and O–H groups in total. The summed E-state index contributed by atoms with van der Waals surface area (Å²) in [5.41, 5.74) is 0. The first kappa shape index (κ1) is 13.4. The van der Waals surface area contributed by atoms with E-state index in [-0.39, 0.29) is 11.8 Å². The lowest BCUT2D eigenvalue weighted by Gasteiger charge is -2.32. The lowest BCUT2D eigenvalue weighted by Crippen LogP contribution is -2.37. The molecule has 0 bridgehead atoms. The van der Waals surface area contributed by atoms with Crippen LogP contribution in [-0.4, -0.2) is 40.7 Å². The fourth-order valence-corrected chi connectivity index (χ4v) is 2.44. The number of carbonyl (C=O) groups excluding carboxylic acids is 1. The largest absolute Gasteiger partial charge is 0.481 e. The van der Waals surface area contributed by atoms with E-state index in [9.17, 15) is 9.59 Å². The lowest BCUT2D eigenvalue weighted by atomic mass is 9.88. The maximum Gasteiger partial charge on any atom is 0.307 e. The third kappa shape index (κ3) is 3.70. The summed E-state index contributed by atoms with van der Waals surface area (Å²) in [5, 5.41) is 8.93. The van der Waals surface area contributed by atoms with Gasteiger partial charge in [0.1, 0.15) is 0 Å². The number of hydrogen-bond donors (Lipinski definition) is 2. The summed E-state index contributed by atoms with van der Waals surface area (Å²) >= 11 is 4.06. The molecule has 0 saturated carbocycles. The number of nitrogens with zero attached hydrogens (tertiary/aromatic N) is 1. The Hall–Kier alpha value is -0.710. The molecule has 1 unspecified atom stereocenters. The first-order chi connectivity index (χ1) is 7.54. The summed E-state index contributed by atoms with van der Waals surface area (Å²) in [6, 6.07) is 0. The van der Waals surface area contributed by atoms with Gasteiger partial charge in [-0.05, 0) is 25.2 Å². The molecule has 0 aromatic carbocycles. The second kappa shape index (κ2) is 6.13. The number of carbonyl (C=O) groups is 2. The molecule has 0 radical (unpaired) electrons. The van der Waals surface area contributed by atoms with Crippen LogP contribution in [0.2, 0.25) is 0 Å². The highest BCUT2D eigenvalue weighted by atomic mass is 32.1. The van der Waals surface area contributed by atoms with Crippen molar-refractivity contribution in [2.45, 2.75) is 26.2 Å². The number of carboxylic acid groups (broad SMARTS) is 1. The molecule has 16 heavy (non-hydrogen) atoms. The number of thiol groups is 1. The van der Waals surface area contributed by atoms with Gasteiger partial charge in [-0.2, -0.15) is 12.6 Å². The van der Waals surface area contributed by atoms with Crippen LogP contribution in [0.15, 0.2) is 0 Å². The molecule has 1 amide bonds. The van der Waals surface area contributed by atoms with Crippen LogP contribution in [0.25, 0.3) is 0 Å². The number of piperidine rings is 1. The number of hydrogen-bond acceptors (Lipinski definition) is 3. The highest BCUT2D eigenvalue weighted by Crippen LogP contribution is 2.25. The van der Waals surface area contributed by atoms with Crippen molar-refractivity contribution in [2.24, 2.45) is 11.8 Å². The highest BCUT2D eigenvalue weighted by Gasteiger charge is 2.25. The Morgan fingerprint density at radius 1 is 1.44 bits per heavy atom. The van der Waals surface area contributed by atoms with Gasteiger partial charge in [-0.15, -0.1) is 0 Å². The van der Waals surface area contributed by atoms with E-state index < -0.39 is 5.97 Å². The van der Waals surface area contributed by atoms with Gasteiger partial charge >= 0.3 is 5.97 Å². The third-order valence-corrected chi connectivity index (χ3v) is 3.69. The Bertz CT molecular complexity index is 262. The van der Waals surface area contributed by atoms with E-state index in [0.717, 1.165) is 25.9 Å². The van der Waals surface area contributed by atoms with Gasteiger partial charge in [0.25, 0.3) is 0 Å². The molecular formula is C11H19NO3S. The Balaban J connectivity index is 2.36. The van der Waals surface area contributed by atoms with Crippen LogP contribution in [0.5, 0.6) is 0 Å². The predicted octanol–water partition coefficient (Wildman–Crippen LogP) is 1.27. The summed E-state index contributed by atoms with van der Waals surface area (Å²) < 4.78 is 0. The molecule has 1 fully saturated rings. The van der Waals surface area contributed by atoms with Crippen LogP contribution < -0.4 is 0 Å². The maximum absolute atomic E-state index is 11.1. The number of amides is 1. The molecule has 1 heterocycles. The number of rotatable bonds is 4. The Labute approximate surface area is 101 Å². The molecule has 1 rings (SSSR count). The first-order valence-electron chi connectivity index (χ1n) is 5.63. The van der Waals surface area contributed by atoms with Gasteiger partial charge < -0.3 is 10.0 Å². The van der Waals surface area contributed by atoms with Crippen LogP contribution in [0, 0.1) is 11.8 Å². The molecule has 4 nitrogen and oxygen atoms in total. The third-order valence-electron chi connectivity index (χ3n) is 3.25. The fourth-order valence-electron chi connectivity index (χ4n) is 2.14. The van der Waals surface area contributed by atoms with Crippen molar-refractivity contribution in [1.29, 1.82) is 0 Å². The molecule has 1 aliphatic heterocycles. The monoisotopic (exact) mass is 245 g/mol. The average Bonchev–Trinajstić information content (AvgIpc) is 2.26. The van der Waals surface area contributed by atoms with Crippen molar-refractivity contribution in [3.05, 3.63) is 0 Å². The molecule has 1 atom stereocenters. The van der Waals surface area contributed by atoms with Crippen molar-refractivity contribution in [1.82, 2.24) is 4.90 Å². The van der Waals surface area contributed by atoms with E-state index in [0.29, 0.717) is 18.1 Å². The van der Waals surface area contributed by atoms with Gasteiger partial charge in [-0.3, -0.25) is 9.59 Å². The van der Waals surface area contributed by atoms with Crippen molar-refractivity contribution in [3.63, 3.8) is 0 Å². The minimum atomic E-state index is -0.760. The van der Waals surface area contributed by atoms with Crippen molar-refractivity contribution in [3.8, 4) is 0 Å². The minimum Gasteiger partial charge on any atom is -0.481 e. The van der Waals surface area contributed by atoms with E-state index in [4.69, 9.17) is 5.11 Å². The van der Waals surface area contributed by atoms with Crippen LogP contribution >= 0.6 is 12.6 Å². The molecule has 1 saturated heterocycles. The van der Waals surface area contributed by atoms with E-state index in [2.05, 4.69) is 12.6 Å². The number of carboxylic acids is 1. The zero-order chi connectivity index (χ0) is 12.1. The molecule has 5 heteroatoms. The van der Waals surface area contributed by atoms with Gasteiger partial charge in [0.15, 0.2) is 0 Å². The van der Waals surface area contributed by atoms with Crippen LogP contribution in [0.4, 0.5) is 0 Å². The van der Waals surface area contributed by atoms with Crippen molar-refractivity contribution < 1.29 is 14.7 Å². The Morgan fingerprint density at radius 2 is 2.00 bits per heavy atom. The minimum absolute atomic E-state index is 0.113. The number of likely N-dealkylation sites (tertiary alicyclic amines) is 1. The van der Waals surface area contributed by atoms with Gasteiger partial charge in [0.05, 0.1) is 5.92 Å². The zero-order valence-corrected chi connectivity index (χ0v) is 10.4. The smallest absolute Gasteiger partial charge is 0.307 e. The summed E-state index contributed by atoms with van der Waals surface area (Å²) in [5.74, 6) is -0.185. The van der Waals surface area contributed by atoms with E-state index in [1.807, 2.05) is 4.90 Å². The quantitative estimate of drug-likeness (QED) is 0.733. The zero-order valence-electron chi connectivity index (χ0n) is 9.56. The summed E-state index contributed by atoms with van der Waals surface area (Å²) in [6.07, 6.45) is 2.51. The van der Waals surface area contributed by atoms with Crippen LogP contribution in [0.1, 0.15) is 26.2 Å². The van der Waals surface area contributed by atoms with Gasteiger partial charge in [-0.1, -0.05) is 0 Å². The second-order valence-electron chi connectivity index (χ2n) is 4.40. The molecule has 0 spiro atoms. The van der Waals surface area contributed by atoms with Crippen molar-refractivity contribution in [2.75, 3.05) is 18.8 Å². The Kier molecular flexibility index (Phi) is 5.12. The molecular weight excluding hydrogens is 226 g/mol. The van der Waals surface area contributed by atoms with Gasteiger partial charge in [0, 0.05) is 25.8 Å². The maximum atomic E-state index is 11.1. The molecule has 0 aromatic heterocycles. The fraction of sp³-hybridized carbons (Fsp3) is 0.818. The van der Waals surface area contributed by atoms with E-state index in [1.54, 1.807) is 6.92 Å². The molecule has 1 aliphatic rings. The average molecular weight is 245 g/mol. The summed E-state index contributed by atoms with van der Waals surface area (Å²) in [7, 11) is 0. The predicted molar refractivity (Wildman–Crippen MR) is 64.6 cm³/mol. The highest BCUT2D eigenvalue weighted by molar-refractivity contribution is 7.80. The lowest BCUT2D eigenvalue weighted by molar-refractivity contribution is -0.142. The van der Waals surface area contributed by atoms with Crippen molar-refractivity contribution >= 4 is 24.5 Å². The normalized spacial score (nSPS) is 19.5. The van der Waals surface area contributed by atoms with E-state index >= 15 is 0 Å². The topological polar surface area (TPSA) is 57.6 Å². The van der Waals surface area contributed by atoms with Gasteiger partial charge in [-0.25, -0.2) is 0 Å².